The maximum atomic E-state index is 13.1. The van der Waals surface area contributed by atoms with Crippen LogP contribution >= 0.6 is 0 Å². The molecule has 4 heteroatoms. The number of aromatic nitrogens is 2. The minimum Gasteiger partial charge on any atom is -0.347 e. The zero-order valence-electron chi connectivity index (χ0n) is 14.2. The predicted octanol–water partition coefficient (Wildman–Crippen LogP) is 4.14. The van der Waals surface area contributed by atoms with E-state index in [1.807, 2.05) is 71.6 Å². The van der Waals surface area contributed by atoms with Crippen molar-refractivity contribution < 1.29 is 9.59 Å². The molecule has 4 rings (SSSR count). The van der Waals surface area contributed by atoms with E-state index >= 15 is 0 Å². The maximum Gasteiger partial charge on any atom is 0.184 e. The standard InChI is InChI=1S/C21H18N2O2/c1-14-21(17-8-4-5-9-18(17)22(14)2)20(25)12-23-11-15(13-24)16-7-3-6-10-19(16)23/h3-11,13H,12H2,1-2H3. The van der Waals surface area contributed by atoms with Crippen molar-refractivity contribution in [1.29, 1.82) is 0 Å². The number of carbonyl (C=O) groups is 2. The lowest BCUT2D eigenvalue weighted by Crippen LogP contribution is -2.11. The van der Waals surface area contributed by atoms with E-state index in [0.29, 0.717) is 5.56 Å². The van der Waals surface area contributed by atoms with Gasteiger partial charge >= 0.3 is 0 Å². The third kappa shape index (κ3) is 2.30. The lowest BCUT2D eigenvalue weighted by atomic mass is 10.1. The Hall–Kier alpha value is -3.14. The van der Waals surface area contributed by atoms with E-state index in [9.17, 15) is 9.59 Å². The number of nitrogens with zero attached hydrogens (tertiary/aromatic N) is 2. The number of rotatable bonds is 4. The first-order valence-corrected chi connectivity index (χ1v) is 8.22. The zero-order chi connectivity index (χ0) is 17.6. The Morgan fingerprint density at radius 2 is 1.64 bits per heavy atom. The summed E-state index contributed by atoms with van der Waals surface area (Å²) in [6.07, 6.45) is 2.60. The first-order valence-electron chi connectivity index (χ1n) is 8.22. The molecule has 4 nitrogen and oxygen atoms in total. The number of hydrogen-bond acceptors (Lipinski definition) is 2. The van der Waals surface area contributed by atoms with Gasteiger partial charge in [-0.1, -0.05) is 36.4 Å². The van der Waals surface area contributed by atoms with Gasteiger partial charge in [0.05, 0.1) is 6.54 Å². The van der Waals surface area contributed by atoms with Crippen molar-refractivity contribution in [3.05, 3.63) is 71.5 Å². The molecule has 0 aliphatic heterocycles. The van der Waals surface area contributed by atoms with Crippen LogP contribution in [0.5, 0.6) is 0 Å². The van der Waals surface area contributed by atoms with Crippen LogP contribution in [-0.2, 0) is 13.6 Å². The lowest BCUT2D eigenvalue weighted by Gasteiger charge is -2.06. The largest absolute Gasteiger partial charge is 0.347 e. The SMILES string of the molecule is Cc1c(C(=O)Cn2cc(C=O)c3ccccc32)c2ccccc2n1C. The molecule has 0 aliphatic rings. The molecule has 0 unspecified atom stereocenters. The van der Waals surface area contributed by atoms with Crippen LogP contribution in [0.4, 0.5) is 0 Å². The third-order valence-electron chi connectivity index (χ3n) is 4.94. The number of aldehydes is 1. The van der Waals surface area contributed by atoms with Crippen molar-refractivity contribution in [2.45, 2.75) is 13.5 Å². The molecule has 0 N–H and O–H groups in total. The number of benzene rings is 2. The van der Waals surface area contributed by atoms with Gasteiger partial charge in [-0.05, 0) is 19.1 Å². The summed E-state index contributed by atoms with van der Waals surface area (Å²) in [6.45, 7) is 2.18. The predicted molar refractivity (Wildman–Crippen MR) is 99.3 cm³/mol. The molecule has 2 heterocycles. The normalized spacial score (nSPS) is 11.3. The average molecular weight is 330 g/mol. The molecule has 0 aliphatic carbocycles. The van der Waals surface area contributed by atoms with Gasteiger partial charge in [0, 0.05) is 51.9 Å². The Bertz CT molecular complexity index is 1130. The van der Waals surface area contributed by atoms with Crippen molar-refractivity contribution in [1.82, 2.24) is 9.13 Å². The van der Waals surface area contributed by atoms with Crippen molar-refractivity contribution in [3.63, 3.8) is 0 Å². The summed E-state index contributed by atoms with van der Waals surface area (Å²) >= 11 is 0. The zero-order valence-corrected chi connectivity index (χ0v) is 14.2. The molecule has 0 spiro atoms. The summed E-state index contributed by atoms with van der Waals surface area (Å²) in [5.41, 5.74) is 4.27. The van der Waals surface area contributed by atoms with Gasteiger partial charge in [0.2, 0.25) is 0 Å². The summed E-state index contributed by atoms with van der Waals surface area (Å²) in [4.78, 5) is 24.4. The molecule has 2 aromatic heterocycles. The third-order valence-corrected chi connectivity index (χ3v) is 4.94. The lowest BCUT2D eigenvalue weighted by molar-refractivity contribution is 0.0973. The number of hydrogen-bond donors (Lipinski definition) is 0. The van der Waals surface area contributed by atoms with E-state index in [-0.39, 0.29) is 12.3 Å². The minimum absolute atomic E-state index is 0.0486. The summed E-state index contributed by atoms with van der Waals surface area (Å²) < 4.78 is 3.91. The van der Waals surface area contributed by atoms with Gasteiger partial charge in [0.1, 0.15) is 0 Å². The maximum absolute atomic E-state index is 13.1. The molecule has 0 atom stereocenters. The highest BCUT2D eigenvalue weighted by atomic mass is 16.1. The number of Topliss-reactive ketones (excluding diaryl/α,β-unsaturated/α-hetero) is 1. The van der Waals surface area contributed by atoms with Gasteiger partial charge in [-0.15, -0.1) is 0 Å². The number of para-hydroxylation sites is 2. The van der Waals surface area contributed by atoms with Crippen molar-refractivity contribution in [3.8, 4) is 0 Å². The Labute approximate surface area is 145 Å². The van der Waals surface area contributed by atoms with Crippen LogP contribution in [0.1, 0.15) is 26.4 Å². The quantitative estimate of drug-likeness (QED) is 0.417. The first-order chi connectivity index (χ1) is 12.1. The van der Waals surface area contributed by atoms with Gasteiger partial charge in [-0.2, -0.15) is 0 Å². The Balaban J connectivity index is 1.82. The number of aryl methyl sites for hydroxylation is 1. The molecule has 0 bridgehead atoms. The minimum atomic E-state index is 0.0486. The fourth-order valence-corrected chi connectivity index (χ4v) is 3.61. The van der Waals surface area contributed by atoms with E-state index in [2.05, 4.69) is 0 Å². The Kier molecular flexibility index (Phi) is 3.53. The van der Waals surface area contributed by atoms with Crippen LogP contribution < -0.4 is 0 Å². The molecule has 2 aromatic carbocycles. The van der Waals surface area contributed by atoms with Crippen LogP contribution in [0.25, 0.3) is 21.8 Å². The van der Waals surface area contributed by atoms with Gasteiger partial charge in [0.25, 0.3) is 0 Å². The topological polar surface area (TPSA) is 44.0 Å². The smallest absolute Gasteiger partial charge is 0.184 e. The highest BCUT2D eigenvalue weighted by Gasteiger charge is 2.19. The summed E-state index contributed by atoms with van der Waals surface area (Å²) in [7, 11) is 1.98. The second kappa shape index (κ2) is 5.74. The molecule has 0 fully saturated rings. The van der Waals surface area contributed by atoms with Crippen molar-refractivity contribution in [2.75, 3.05) is 0 Å². The van der Waals surface area contributed by atoms with Crippen molar-refractivity contribution in [2.24, 2.45) is 7.05 Å². The van der Waals surface area contributed by atoms with Crippen LogP contribution in [0, 0.1) is 6.92 Å². The molecule has 124 valence electrons. The highest BCUT2D eigenvalue weighted by molar-refractivity contribution is 6.10. The van der Waals surface area contributed by atoms with E-state index in [4.69, 9.17) is 0 Å². The van der Waals surface area contributed by atoms with E-state index in [0.717, 1.165) is 39.3 Å². The van der Waals surface area contributed by atoms with E-state index in [1.165, 1.54) is 0 Å². The van der Waals surface area contributed by atoms with Gasteiger partial charge in [-0.25, -0.2) is 0 Å². The van der Waals surface area contributed by atoms with Gasteiger partial charge in [0.15, 0.2) is 12.1 Å². The first kappa shape index (κ1) is 15.4. The fourth-order valence-electron chi connectivity index (χ4n) is 3.61. The number of fused-ring (bicyclic) bond motifs is 2. The number of carbonyl (C=O) groups excluding carboxylic acids is 2. The Morgan fingerprint density at radius 3 is 2.36 bits per heavy atom. The Morgan fingerprint density at radius 1 is 1.00 bits per heavy atom. The molecule has 0 saturated heterocycles. The average Bonchev–Trinajstić information content (AvgIpc) is 3.11. The molecule has 25 heavy (non-hydrogen) atoms. The van der Waals surface area contributed by atoms with E-state index in [1.54, 1.807) is 6.20 Å². The van der Waals surface area contributed by atoms with Gasteiger partial charge < -0.3 is 9.13 Å². The second-order valence-electron chi connectivity index (χ2n) is 6.31. The highest BCUT2D eigenvalue weighted by Crippen LogP contribution is 2.27. The molecule has 0 saturated carbocycles. The van der Waals surface area contributed by atoms with Crippen LogP contribution in [0.2, 0.25) is 0 Å². The second-order valence-corrected chi connectivity index (χ2v) is 6.31. The number of ketones is 1. The van der Waals surface area contributed by atoms with Crippen molar-refractivity contribution >= 4 is 33.9 Å². The van der Waals surface area contributed by atoms with Crippen LogP contribution in [0.15, 0.2) is 54.7 Å². The van der Waals surface area contributed by atoms with E-state index < -0.39 is 0 Å². The van der Waals surface area contributed by atoms with Gasteiger partial charge in [-0.3, -0.25) is 9.59 Å². The van der Waals surface area contributed by atoms with Crippen LogP contribution in [0.3, 0.4) is 0 Å². The molecule has 0 amide bonds. The summed E-state index contributed by atoms with van der Waals surface area (Å²) in [6, 6.07) is 15.6. The molecular formula is C21H18N2O2. The molecule has 4 aromatic rings. The molecular weight excluding hydrogens is 312 g/mol. The van der Waals surface area contributed by atoms with Crippen LogP contribution in [-0.4, -0.2) is 21.2 Å². The fraction of sp³-hybridized carbons (Fsp3) is 0.143. The molecule has 0 radical (unpaired) electrons. The monoisotopic (exact) mass is 330 g/mol. The summed E-state index contributed by atoms with van der Waals surface area (Å²) in [5, 5.41) is 1.85. The summed E-state index contributed by atoms with van der Waals surface area (Å²) in [5.74, 6) is 0.0486.